The molecule has 0 aliphatic rings. The van der Waals surface area contributed by atoms with Crippen LogP contribution < -0.4 is 16.0 Å². The lowest BCUT2D eigenvalue weighted by molar-refractivity contribution is 0.0529. The average molecular weight is 346 g/mol. The Hall–Kier alpha value is -1.54. The maximum Gasteiger partial charge on any atom is 0.407 e. The highest BCUT2D eigenvalue weighted by Gasteiger charge is 2.15. The van der Waals surface area contributed by atoms with E-state index in [-0.39, 0.29) is 0 Å². The highest BCUT2D eigenvalue weighted by Crippen LogP contribution is 2.05. The fourth-order valence-corrected chi connectivity index (χ4v) is 1.60. The number of methoxy groups -OCH3 is 1. The van der Waals surface area contributed by atoms with Crippen molar-refractivity contribution in [3.8, 4) is 0 Å². The van der Waals surface area contributed by atoms with Gasteiger partial charge in [-0.2, -0.15) is 0 Å². The molecular formula is C16H34N4O4. The first-order chi connectivity index (χ1) is 11.4. The van der Waals surface area contributed by atoms with Crippen LogP contribution in [0.15, 0.2) is 4.99 Å². The molecule has 1 amide bonds. The number of hydrogen-bond acceptors (Lipinski definition) is 5. The minimum atomic E-state index is -0.487. The van der Waals surface area contributed by atoms with Gasteiger partial charge in [0.15, 0.2) is 5.96 Å². The van der Waals surface area contributed by atoms with Crippen LogP contribution in [0.1, 0.15) is 34.1 Å². The molecule has 0 aliphatic carbocycles. The molecule has 0 aliphatic heterocycles. The SMILES string of the molecule is CCNC(=NCCCOCCOC)NCCNC(=O)OC(C)(C)C. The Kier molecular flexibility index (Phi) is 13.0. The van der Waals surface area contributed by atoms with Gasteiger partial charge in [0.1, 0.15) is 5.60 Å². The summed E-state index contributed by atoms with van der Waals surface area (Å²) in [5, 5.41) is 9.01. The summed E-state index contributed by atoms with van der Waals surface area (Å²) in [5.74, 6) is 0.723. The van der Waals surface area contributed by atoms with Crippen LogP contribution in [0.25, 0.3) is 0 Å². The number of nitrogens with zero attached hydrogens (tertiary/aromatic N) is 1. The number of carbonyl (C=O) groups is 1. The molecule has 0 heterocycles. The first-order valence-electron chi connectivity index (χ1n) is 8.44. The van der Waals surface area contributed by atoms with Crippen molar-refractivity contribution in [3.63, 3.8) is 0 Å². The molecule has 0 unspecified atom stereocenters. The number of guanidine groups is 1. The summed E-state index contributed by atoms with van der Waals surface area (Å²) in [6, 6.07) is 0. The van der Waals surface area contributed by atoms with E-state index in [1.54, 1.807) is 7.11 Å². The third-order valence-electron chi connectivity index (χ3n) is 2.58. The van der Waals surface area contributed by atoms with E-state index < -0.39 is 11.7 Å². The number of rotatable bonds is 11. The maximum atomic E-state index is 11.5. The zero-order chi connectivity index (χ0) is 18.3. The second-order valence-electron chi connectivity index (χ2n) is 6.07. The van der Waals surface area contributed by atoms with Gasteiger partial charge < -0.3 is 30.2 Å². The first kappa shape index (κ1) is 22.5. The standard InChI is InChI=1S/C16H34N4O4/c1-6-17-14(18-8-7-11-23-13-12-22-5)19-9-10-20-15(21)24-16(2,3)4/h6-13H2,1-5H3,(H,20,21)(H2,17,18,19). The molecule has 8 heteroatoms. The molecule has 0 saturated carbocycles. The summed E-state index contributed by atoms with van der Waals surface area (Å²) in [7, 11) is 1.65. The van der Waals surface area contributed by atoms with E-state index in [0.717, 1.165) is 18.9 Å². The highest BCUT2D eigenvalue weighted by molar-refractivity contribution is 5.79. The average Bonchev–Trinajstić information content (AvgIpc) is 2.48. The summed E-state index contributed by atoms with van der Waals surface area (Å²) < 4.78 is 15.5. The zero-order valence-corrected chi connectivity index (χ0v) is 15.7. The van der Waals surface area contributed by atoms with Gasteiger partial charge in [-0.05, 0) is 34.1 Å². The number of alkyl carbamates (subject to hydrolysis) is 1. The van der Waals surface area contributed by atoms with Crippen LogP contribution in [0.4, 0.5) is 4.79 Å². The summed E-state index contributed by atoms with van der Waals surface area (Å²) in [6.45, 7) is 11.8. The fourth-order valence-electron chi connectivity index (χ4n) is 1.60. The van der Waals surface area contributed by atoms with E-state index in [1.807, 2.05) is 27.7 Å². The molecule has 0 aromatic carbocycles. The van der Waals surface area contributed by atoms with Gasteiger partial charge in [0, 0.05) is 39.9 Å². The Labute approximate surface area is 145 Å². The van der Waals surface area contributed by atoms with Crippen molar-refractivity contribution in [3.05, 3.63) is 0 Å². The van der Waals surface area contributed by atoms with Gasteiger partial charge in [-0.1, -0.05) is 0 Å². The smallest absolute Gasteiger partial charge is 0.407 e. The van der Waals surface area contributed by atoms with Crippen molar-refractivity contribution >= 4 is 12.1 Å². The molecule has 0 bridgehead atoms. The lowest BCUT2D eigenvalue weighted by Crippen LogP contribution is -2.42. The molecule has 0 spiro atoms. The summed E-state index contributed by atoms with van der Waals surface area (Å²) in [5.41, 5.74) is -0.487. The van der Waals surface area contributed by atoms with Crippen LogP contribution in [-0.4, -0.2) is 70.8 Å². The van der Waals surface area contributed by atoms with Crippen LogP contribution in [0.2, 0.25) is 0 Å². The highest BCUT2D eigenvalue weighted by atomic mass is 16.6. The number of amides is 1. The lowest BCUT2D eigenvalue weighted by atomic mass is 10.2. The van der Waals surface area contributed by atoms with Crippen molar-refractivity contribution in [1.29, 1.82) is 0 Å². The molecule has 0 aromatic rings. The Morgan fingerprint density at radius 1 is 1.04 bits per heavy atom. The minimum absolute atomic E-state index is 0.417. The topological polar surface area (TPSA) is 93.2 Å². The van der Waals surface area contributed by atoms with Crippen molar-refractivity contribution in [2.45, 2.75) is 39.7 Å². The summed E-state index contributed by atoms with van der Waals surface area (Å²) >= 11 is 0. The normalized spacial score (nSPS) is 12.0. The molecule has 0 rings (SSSR count). The number of hydrogen-bond donors (Lipinski definition) is 3. The molecule has 3 N–H and O–H groups in total. The predicted octanol–water partition coefficient (Wildman–Crippen LogP) is 1.12. The van der Waals surface area contributed by atoms with E-state index in [2.05, 4.69) is 20.9 Å². The van der Waals surface area contributed by atoms with Crippen LogP contribution in [0, 0.1) is 0 Å². The second-order valence-corrected chi connectivity index (χ2v) is 6.07. The Morgan fingerprint density at radius 2 is 1.75 bits per heavy atom. The molecule has 24 heavy (non-hydrogen) atoms. The van der Waals surface area contributed by atoms with E-state index >= 15 is 0 Å². The van der Waals surface area contributed by atoms with Gasteiger partial charge in [0.25, 0.3) is 0 Å². The molecule has 0 aromatic heterocycles. The van der Waals surface area contributed by atoms with Crippen molar-refractivity contribution in [1.82, 2.24) is 16.0 Å². The van der Waals surface area contributed by atoms with Crippen LogP contribution in [0.5, 0.6) is 0 Å². The van der Waals surface area contributed by atoms with E-state index in [9.17, 15) is 4.79 Å². The zero-order valence-electron chi connectivity index (χ0n) is 15.7. The fraction of sp³-hybridized carbons (Fsp3) is 0.875. The Morgan fingerprint density at radius 3 is 2.38 bits per heavy atom. The monoisotopic (exact) mass is 346 g/mol. The predicted molar refractivity (Wildman–Crippen MR) is 95.5 cm³/mol. The van der Waals surface area contributed by atoms with Crippen molar-refractivity contribution in [2.24, 2.45) is 4.99 Å². The summed E-state index contributed by atoms with van der Waals surface area (Å²) in [4.78, 5) is 16.0. The minimum Gasteiger partial charge on any atom is -0.444 e. The molecule has 0 atom stereocenters. The van der Waals surface area contributed by atoms with Crippen LogP contribution in [-0.2, 0) is 14.2 Å². The third-order valence-corrected chi connectivity index (χ3v) is 2.58. The van der Waals surface area contributed by atoms with Crippen LogP contribution in [0.3, 0.4) is 0 Å². The molecule has 0 saturated heterocycles. The van der Waals surface area contributed by atoms with E-state index in [0.29, 0.717) is 39.5 Å². The van der Waals surface area contributed by atoms with Gasteiger partial charge in [-0.3, -0.25) is 4.99 Å². The van der Waals surface area contributed by atoms with Crippen molar-refractivity contribution in [2.75, 3.05) is 53.1 Å². The number of ether oxygens (including phenoxy) is 3. The Bertz CT molecular complexity index is 356. The van der Waals surface area contributed by atoms with Gasteiger partial charge in [-0.25, -0.2) is 4.79 Å². The number of nitrogens with one attached hydrogen (secondary N) is 3. The van der Waals surface area contributed by atoms with Gasteiger partial charge in [0.2, 0.25) is 0 Å². The first-order valence-corrected chi connectivity index (χ1v) is 8.44. The molecule has 8 nitrogen and oxygen atoms in total. The number of carbonyl (C=O) groups excluding carboxylic acids is 1. The van der Waals surface area contributed by atoms with Gasteiger partial charge in [0.05, 0.1) is 13.2 Å². The summed E-state index contributed by atoms with van der Waals surface area (Å²) in [6.07, 6.45) is 0.427. The number of aliphatic imine (C=N–C) groups is 1. The van der Waals surface area contributed by atoms with Crippen molar-refractivity contribution < 1.29 is 19.0 Å². The van der Waals surface area contributed by atoms with E-state index in [4.69, 9.17) is 14.2 Å². The largest absolute Gasteiger partial charge is 0.444 e. The molecule has 142 valence electrons. The van der Waals surface area contributed by atoms with Gasteiger partial charge >= 0.3 is 6.09 Å². The van der Waals surface area contributed by atoms with E-state index in [1.165, 1.54) is 0 Å². The quantitative estimate of drug-likeness (QED) is 0.295. The molecular weight excluding hydrogens is 312 g/mol. The molecule has 0 radical (unpaired) electrons. The lowest BCUT2D eigenvalue weighted by Gasteiger charge is -2.19. The third kappa shape index (κ3) is 15.4. The molecule has 0 fully saturated rings. The maximum absolute atomic E-state index is 11.5. The Balaban J connectivity index is 3.86. The van der Waals surface area contributed by atoms with Crippen LogP contribution >= 0.6 is 0 Å². The van der Waals surface area contributed by atoms with Gasteiger partial charge in [-0.15, -0.1) is 0 Å². The second kappa shape index (κ2) is 13.9.